The Morgan fingerprint density at radius 3 is 1.28 bits per heavy atom. The van der Waals surface area contributed by atoms with Gasteiger partial charge in [-0.1, -0.05) is 212 Å². The number of allylic oxidation sites excluding steroid dienone is 4. The first-order valence-electron chi connectivity index (χ1n) is 25.6. The number of carbonyl (C=O) groups excluding carboxylic acids is 2. The van der Waals surface area contributed by atoms with E-state index in [0.29, 0.717) is 23.9 Å². The lowest BCUT2D eigenvalue weighted by Gasteiger charge is -2.28. The highest BCUT2D eigenvalue weighted by Crippen LogP contribution is 2.38. The molecule has 61 heavy (non-hydrogen) atoms. The van der Waals surface area contributed by atoms with E-state index in [1.807, 2.05) is 21.1 Å². The average Bonchev–Trinajstić information content (AvgIpc) is 3.21. The number of esters is 2. The van der Waals surface area contributed by atoms with E-state index in [4.69, 9.17) is 18.5 Å². The van der Waals surface area contributed by atoms with Crippen LogP contribution in [-0.2, 0) is 32.7 Å². The van der Waals surface area contributed by atoms with Crippen LogP contribution >= 0.6 is 7.82 Å². The monoisotopic (exact) mass is 884 g/mol. The predicted octanol–water partition coefficient (Wildman–Crippen LogP) is 14.5. The van der Waals surface area contributed by atoms with Crippen molar-refractivity contribution in [2.45, 2.75) is 245 Å². The van der Waals surface area contributed by atoms with Crippen molar-refractivity contribution in [3.8, 4) is 0 Å². The van der Waals surface area contributed by atoms with E-state index in [9.17, 15) is 19.0 Å². The van der Waals surface area contributed by atoms with Crippen LogP contribution < -0.4 is 4.89 Å². The quantitative estimate of drug-likeness (QED) is 0.0195. The summed E-state index contributed by atoms with van der Waals surface area (Å²) < 4.78 is 34.0. The van der Waals surface area contributed by atoms with Gasteiger partial charge in [-0.3, -0.25) is 14.2 Å². The SMILES string of the molecule is CCCCCC/C=C/C=C/CCCCCCCC(=O)OC[C@H](COP(=O)([O-])OCC[N+](C)(C)C)OC(=O)CCCCCCCCCCCCCCCCCCCCCCCC. The van der Waals surface area contributed by atoms with Crippen LogP contribution in [-0.4, -0.2) is 70.0 Å². The summed E-state index contributed by atoms with van der Waals surface area (Å²) in [6.45, 7) is 4.23. The Morgan fingerprint density at radius 1 is 0.508 bits per heavy atom. The Labute approximate surface area is 377 Å². The van der Waals surface area contributed by atoms with E-state index in [1.54, 1.807) is 0 Å². The summed E-state index contributed by atoms with van der Waals surface area (Å²) in [7, 11) is 1.17. The minimum Gasteiger partial charge on any atom is -0.756 e. The number of rotatable bonds is 47. The van der Waals surface area contributed by atoms with Gasteiger partial charge in [-0.2, -0.15) is 0 Å². The van der Waals surface area contributed by atoms with Crippen molar-refractivity contribution >= 4 is 19.8 Å². The molecule has 0 amide bonds. The van der Waals surface area contributed by atoms with Crippen molar-refractivity contribution in [2.24, 2.45) is 0 Å². The normalized spacial score (nSPS) is 13.6. The zero-order valence-electron chi connectivity index (χ0n) is 40.6. The second-order valence-corrected chi connectivity index (χ2v) is 20.0. The first-order chi connectivity index (χ1) is 29.5. The van der Waals surface area contributed by atoms with Gasteiger partial charge >= 0.3 is 11.9 Å². The van der Waals surface area contributed by atoms with Gasteiger partial charge in [0.05, 0.1) is 27.7 Å². The third-order valence-electron chi connectivity index (χ3n) is 11.3. The van der Waals surface area contributed by atoms with E-state index in [-0.39, 0.29) is 26.1 Å². The molecular weight excluding hydrogens is 786 g/mol. The number of phosphoric acid groups is 1. The van der Waals surface area contributed by atoms with E-state index in [1.165, 1.54) is 148 Å². The standard InChI is InChI=1S/C51H98NO8P/c1-6-8-10-12-14-16-18-20-22-23-24-25-26-27-28-30-32-34-36-38-40-42-44-51(54)60-49(48-59-61(55,56)58-46-45-52(3,4)5)47-57-50(53)43-41-39-37-35-33-31-29-21-19-17-15-13-11-9-7-2/h17,19,21,29,49H,6-16,18,20,22-28,30-48H2,1-5H3/b19-17+,29-21+/t49-/m1/s1. The maximum Gasteiger partial charge on any atom is 0.306 e. The number of hydrogen-bond donors (Lipinski definition) is 0. The molecule has 0 aliphatic heterocycles. The van der Waals surface area contributed by atoms with Crippen molar-refractivity contribution in [1.29, 1.82) is 0 Å². The molecular formula is C51H98NO8P. The highest BCUT2D eigenvalue weighted by atomic mass is 31.2. The van der Waals surface area contributed by atoms with Crippen molar-refractivity contribution in [3.63, 3.8) is 0 Å². The molecule has 0 saturated carbocycles. The molecule has 0 saturated heterocycles. The largest absolute Gasteiger partial charge is 0.756 e. The second-order valence-electron chi connectivity index (χ2n) is 18.6. The fraction of sp³-hybridized carbons (Fsp3) is 0.882. The van der Waals surface area contributed by atoms with Crippen LogP contribution in [0.3, 0.4) is 0 Å². The highest BCUT2D eigenvalue weighted by Gasteiger charge is 2.21. The molecule has 0 aliphatic carbocycles. The molecule has 0 radical (unpaired) electrons. The van der Waals surface area contributed by atoms with Crippen LogP contribution in [0.2, 0.25) is 0 Å². The van der Waals surface area contributed by atoms with Gasteiger partial charge in [0.1, 0.15) is 19.8 Å². The topological polar surface area (TPSA) is 111 Å². The molecule has 0 aliphatic rings. The molecule has 0 rings (SSSR count). The lowest BCUT2D eigenvalue weighted by Crippen LogP contribution is -2.37. The zero-order valence-corrected chi connectivity index (χ0v) is 41.5. The molecule has 0 bridgehead atoms. The summed E-state index contributed by atoms with van der Waals surface area (Å²) in [6, 6.07) is 0. The first kappa shape index (κ1) is 59.5. The van der Waals surface area contributed by atoms with E-state index < -0.39 is 32.5 Å². The minimum absolute atomic E-state index is 0.0312. The van der Waals surface area contributed by atoms with Crippen LogP contribution in [0.25, 0.3) is 0 Å². The maximum absolute atomic E-state index is 12.7. The van der Waals surface area contributed by atoms with Gasteiger partial charge < -0.3 is 27.9 Å². The molecule has 0 N–H and O–H groups in total. The summed E-state index contributed by atoms with van der Waals surface area (Å²) in [5, 5.41) is 0. The van der Waals surface area contributed by atoms with Crippen LogP contribution in [0, 0.1) is 0 Å². The van der Waals surface area contributed by atoms with Crippen molar-refractivity contribution < 1.29 is 42.1 Å². The van der Waals surface area contributed by atoms with Gasteiger partial charge in [-0.15, -0.1) is 0 Å². The zero-order chi connectivity index (χ0) is 45.0. The molecule has 0 aromatic rings. The Hall–Kier alpha value is -1.51. The van der Waals surface area contributed by atoms with Gasteiger partial charge in [-0.05, 0) is 38.5 Å². The third kappa shape index (κ3) is 47.8. The van der Waals surface area contributed by atoms with Crippen LogP contribution in [0.15, 0.2) is 24.3 Å². The summed E-state index contributed by atoms with van der Waals surface area (Å²) in [5.41, 5.74) is 0. The Kier molecular flexibility index (Phi) is 42.6. The minimum atomic E-state index is -4.63. The number of nitrogens with zero attached hydrogens (tertiary/aromatic N) is 1. The number of hydrogen-bond acceptors (Lipinski definition) is 8. The van der Waals surface area contributed by atoms with Gasteiger partial charge in [0.2, 0.25) is 0 Å². The lowest BCUT2D eigenvalue weighted by molar-refractivity contribution is -0.870. The van der Waals surface area contributed by atoms with Gasteiger partial charge in [0.15, 0.2) is 6.10 Å². The number of unbranched alkanes of at least 4 members (excludes halogenated alkanes) is 30. The number of phosphoric ester groups is 1. The molecule has 1 unspecified atom stereocenters. The Bertz CT molecular complexity index is 1090. The fourth-order valence-electron chi connectivity index (χ4n) is 7.24. The Morgan fingerprint density at radius 2 is 0.869 bits per heavy atom. The smallest absolute Gasteiger partial charge is 0.306 e. The number of likely N-dealkylation sites (N-methyl/N-ethyl adjacent to an activating group) is 1. The third-order valence-corrected chi connectivity index (χ3v) is 12.2. The average molecular weight is 884 g/mol. The first-order valence-corrected chi connectivity index (χ1v) is 27.0. The summed E-state index contributed by atoms with van der Waals surface area (Å²) in [4.78, 5) is 37.7. The van der Waals surface area contributed by atoms with Gasteiger partial charge in [-0.25, -0.2) is 0 Å². The molecule has 0 spiro atoms. The summed E-state index contributed by atoms with van der Waals surface area (Å²) in [5.74, 6) is -0.840. The lowest BCUT2D eigenvalue weighted by atomic mass is 10.0. The van der Waals surface area contributed by atoms with E-state index in [2.05, 4.69) is 38.2 Å². The fourth-order valence-corrected chi connectivity index (χ4v) is 7.96. The molecule has 9 nitrogen and oxygen atoms in total. The Balaban J connectivity index is 4.22. The molecule has 10 heteroatoms. The summed E-state index contributed by atoms with van der Waals surface area (Å²) in [6.07, 6.45) is 49.2. The van der Waals surface area contributed by atoms with Gasteiger partial charge in [0.25, 0.3) is 7.82 Å². The van der Waals surface area contributed by atoms with Crippen LogP contribution in [0.1, 0.15) is 239 Å². The number of ether oxygens (including phenoxy) is 2. The van der Waals surface area contributed by atoms with Crippen molar-refractivity contribution in [2.75, 3.05) is 47.5 Å². The molecule has 360 valence electrons. The number of carbonyl (C=O) groups is 2. The van der Waals surface area contributed by atoms with Crippen molar-refractivity contribution in [1.82, 2.24) is 0 Å². The van der Waals surface area contributed by atoms with E-state index in [0.717, 1.165) is 51.4 Å². The molecule has 0 aromatic carbocycles. The predicted molar refractivity (Wildman–Crippen MR) is 254 cm³/mol. The molecule has 0 heterocycles. The number of quaternary nitrogens is 1. The van der Waals surface area contributed by atoms with E-state index >= 15 is 0 Å². The van der Waals surface area contributed by atoms with Crippen molar-refractivity contribution in [3.05, 3.63) is 24.3 Å². The second kappa shape index (κ2) is 43.7. The molecule has 0 fully saturated rings. The summed E-state index contributed by atoms with van der Waals surface area (Å²) >= 11 is 0. The van der Waals surface area contributed by atoms with Crippen LogP contribution in [0.5, 0.6) is 0 Å². The highest BCUT2D eigenvalue weighted by molar-refractivity contribution is 7.45. The van der Waals surface area contributed by atoms with Crippen LogP contribution in [0.4, 0.5) is 0 Å². The van der Waals surface area contributed by atoms with Gasteiger partial charge in [0, 0.05) is 12.8 Å². The molecule has 0 aromatic heterocycles. The molecule has 2 atom stereocenters. The maximum atomic E-state index is 12.7.